The van der Waals surface area contributed by atoms with Gasteiger partial charge in [-0.15, -0.1) is 0 Å². The Bertz CT molecular complexity index is 1060. The van der Waals surface area contributed by atoms with E-state index in [0.717, 1.165) is 31.5 Å². The third-order valence-corrected chi connectivity index (χ3v) is 7.43. The summed E-state index contributed by atoms with van der Waals surface area (Å²) in [7, 11) is -3.74. The van der Waals surface area contributed by atoms with E-state index in [-0.39, 0.29) is 18.5 Å². The van der Waals surface area contributed by atoms with Gasteiger partial charge < -0.3 is 10.2 Å². The average Bonchev–Trinajstić information content (AvgIpc) is 2.76. The van der Waals surface area contributed by atoms with Crippen molar-refractivity contribution in [3.63, 3.8) is 0 Å². The normalized spacial score (nSPS) is 13.2. The molecule has 180 valence electrons. The largest absolute Gasteiger partial charge is 0.352 e. The molecule has 0 saturated heterocycles. The highest BCUT2D eigenvalue weighted by Crippen LogP contribution is 2.22. The molecule has 0 radical (unpaired) electrons. The Morgan fingerprint density at radius 2 is 1.48 bits per heavy atom. The molecule has 7 nitrogen and oxygen atoms in total. The molecule has 33 heavy (non-hydrogen) atoms. The summed E-state index contributed by atoms with van der Waals surface area (Å²) in [5.74, 6) is -0.762. The Hall–Kier alpha value is -1.91. The molecule has 0 aliphatic rings. The van der Waals surface area contributed by atoms with E-state index in [1.807, 2.05) is 38.1 Å². The van der Waals surface area contributed by atoms with Crippen molar-refractivity contribution in [2.24, 2.45) is 0 Å². The van der Waals surface area contributed by atoms with Crippen molar-refractivity contribution in [1.82, 2.24) is 10.2 Å². The van der Waals surface area contributed by atoms with Crippen molar-refractivity contribution in [3.8, 4) is 0 Å². The molecule has 2 amide bonds. The minimum Gasteiger partial charge on any atom is -0.352 e. The molecule has 0 aliphatic heterocycles. The molecular weight excluding hydrogens is 574 g/mol. The predicted octanol–water partition coefficient (Wildman–Crippen LogP) is 4.31. The molecule has 0 saturated carbocycles. The van der Waals surface area contributed by atoms with Gasteiger partial charge in [0.05, 0.1) is 11.9 Å². The van der Waals surface area contributed by atoms with E-state index < -0.39 is 28.5 Å². The van der Waals surface area contributed by atoms with Crippen LogP contribution in [0, 0.1) is 0 Å². The van der Waals surface area contributed by atoms with E-state index in [0.29, 0.717) is 5.69 Å². The molecule has 2 aromatic rings. The Kier molecular flexibility index (Phi) is 9.93. The Labute approximate surface area is 212 Å². The summed E-state index contributed by atoms with van der Waals surface area (Å²) < 4.78 is 27.8. The maximum atomic E-state index is 13.4. The molecular formula is C23H29Br2N3O4S. The van der Waals surface area contributed by atoms with Crippen LogP contribution in [0.1, 0.15) is 32.8 Å². The van der Waals surface area contributed by atoms with Gasteiger partial charge in [-0.05, 0) is 62.2 Å². The average molecular weight is 603 g/mol. The molecule has 0 fully saturated rings. The van der Waals surface area contributed by atoms with E-state index in [9.17, 15) is 18.0 Å². The lowest BCUT2D eigenvalue weighted by Crippen LogP contribution is -2.52. The number of carbonyl (C=O) groups excluding carboxylic acids is 2. The Morgan fingerprint density at radius 1 is 0.970 bits per heavy atom. The number of carbonyl (C=O) groups is 2. The maximum Gasteiger partial charge on any atom is 0.244 e. The first-order valence-electron chi connectivity index (χ1n) is 10.5. The first-order chi connectivity index (χ1) is 15.4. The highest BCUT2D eigenvalue weighted by Gasteiger charge is 2.30. The molecule has 0 bridgehead atoms. The fourth-order valence-electron chi connectivity index (χ4n) is 3.06. The number of benzene rings is 2. The van der Waals surface area contributed by atoms with Crippen molar-refractivity contribution in [1.29, 1.82) is 0 Å². The summed E-state index contributed by atoms with van der Waals surface area (Å²) in [5.41, 5.74) is 1.19. The molecule has 2 atom stereocenters. The number of hydrogen-bond acceptors (Lipinski definition) is 4. The van der Waals surface area contributed by atoms with Crippen LogP contribution in [0.2, 0.25) is 0 Å². The number of halogens is 2. The lowest BCUT2D eigenvalue weighted by Gasteiger charge is -2.32. The number of nitrogens with one attached hydrogen (secondary N) is 1. The topological polar surface area (TPSA) is 86.8 Å². The first-order valence-corrected chi connectivity index (χ1v) is 13.9. The smallest absolute Gasteiger partial charge is 0.244 e. The van der Waals surface area contributed by atoms with E-state index in [4.69, 9.17) is 0 Å². The molecule has 10 heteroatoms. The van der Waals surface area contributed by atoms with Crippen molar-refractivity contribution in [2.75, 3.05) is 17.1 Å². The zero-order valence-electron chi connectivity index (χ0n) is 19.1. The number of nitrogens with zero attached hydrogens (tertiary/aromatic N) is 2. The van der Waals surface area contributed by atoms with Gasteiger partial charge in [0.25, 0.3) is 0 Å². The van der Waals surface area contributed by atoms with E-state index in [1.165, 1.54) is 4.90 Å². The van der Waals surface area contributed by atoms with Crippen LogP contribution in [0.4, 0.5) is 5.69 Å². The summed E-state index contributed by atoms with van der Waals surface area (Å²) in [6.07, 6.45) is 1.81. The van der Waals surface area contributed by atoms with Crippen LogP contribution in [0.25, 0.3) is 0 Å². The van der Waals surface area contributed by atoms with Gasteiger partial charge in [0.2, 0.25) is 21.8 Å². The van der Waals surface area contributed by atoms with Gasteiger partial charge >= 0.3 is 0 Å². The van der Waals surface area contributed by atoms with Crippen LogP contribution < -0.4 is 9.62 Å². The molecule has 0 unspecified atom stereocenters. The van der Waals surface area contributed by atoms with E-state index >= 15 is 0 Å². The molecule has 0 heterocycles. The highest BCUT2D eigenvalue weighted by atomic mass is 79.9. The summed E-state index contributed by atoms with van der Waals surface area (Å²) in [4.78, 5) is 27.7. The Balaban J connectivity index is 2.36. The second-order valence-electron chi connectivity index (χ2n) is 7.89. The van der Waals surface area contributed by atoms with Crippen LogP contribution in [0.5, 0.6) is 0 Å². The third kappa shape index (κ3) is 8.12. The summed E-state index contributed by atoms with van der Waals surface area (Å²) >= 11 is 6.72. The number of rotatable bonds is 10. The van der Waals surface area contributed by atoms with Crippen LogP contribution in [-0.4, -0.2) is 50.0 Å². The first kappa shape index (κ1) is 27.3. The molecule has 2 rings (SSSR count). The molecule has 1 N–H and O–H groups in total. The fourth-order valence-corrected chi connectivity index (χ4v) is 4.43. The van der Waals surface area contributed by atoms with Gasteiger partial charge in [0, 0.05) is 21.5 Å². The highest BCUT2D eigenvalue weighted by molar-refractivity contribution is 9.10. The summed E-state index contributed by atoms with van der Waals surface area (Å²) in [5, 5.41) is 2.90. The van der Waals surface area contributed by atoms with Crippen molar-refractivity contribution in [2.45, 2.75) is 45.8 Å². The predicted molar refractivity (Wildman–Crippen MR) is 138 cm³/mol. The monoisotopic (exact) mass is 601 g/mol. The van der Waals surface area contributed by atoms with E-state index in [1.54, 1.807) is 31.2 Å². The number of sulfonamides is 1. The molecule has 0 spiro atoms. The molecule has 0 aromatic heterocycles. The molecule has 0 aliphatic carbocycles. The maximum absolute atomic E-state index is 13.4. The minimum atomic E-state index is -3.74. The number of hydrogen-bond donors (Lipinski definition) is 1. The Morgan fingerprint density at radius 3 is 1.97 bits per heavy atom. The van der Waals surface area contributed by atoms with Crippen LogP contribution >= 0.6 is 31.9 Å². The van der Waals surface area contributed by atoms with Gasteiger partial charge in [-0.3, -0.25) is 13.9 Å². The third-order valence-electron chi connectivity index (χ3n) is 5.23. The van der Waals surface area contributed by atoms with Crippen LogP contribution in [0.3, 0.4) is 0 Å². The number of anilines is 1. The lowest BCUT2D eigenvalue weighted by atomic mass is 10.1. The fraction of sp³-hybridized carbons (Fsp3) is 0.391. The lowest BCUT2D eigenvalue weighted by molar-refractivity contribution is -0.139. The summed E-state index contributed by atoms with van der Waals surface area (Å²) in [6, 6.07) is 13.2. The zero-order chi connectivity index (χ0) is 24.8. The molecule has 2 aromatic carbocycles. The van der Waals surface area contributed by atoms with Crippen molar-refractivity contribution >= 4 is 59.4 Å². The van der Waals surface area contributed by atoms with Crippen molar-refractivity contribution < 1.29 is 18.0 Å². The standard InChI is InChI=1S/C23H29Br2N3O4S/c1-5-16(2)26-23(30)17(3)27(14-18-6-8-19(24)9-7-18)22(29)15-28(33(4,31)32)21-12-10-20(25)11-13-21/h6-13,16-17H,5,14-15H2,1-4H3,(H,26,30)/t16-,17+/m0/s1. The van der Waals surface area contributed by atoms with Gasteiger partial charge in [0.1, 0.15) is 12.6 Å². The van der Waals surface area contributed by atoms with Gasteiger partial charge in [-0.1, -0.05) is 50.9 Å². The zero-order valence-corrected chi connectivity index (χ0v) is 23.1. The van der Waals surface area contributed by atoms with Gasteiger partial charge in [-0.2, -0.15) is 0 Å². The van der Waals surface area contributed by atoms with E-state index in [2.05, 4.69) is 37.2 Å². The second kappa shape index (κ2) is 12.0. The van der Waals surface area contributed by atoms with Crippen LogP contribution in [0.15, 0.2) is 57.5 Å². The summed E-state index contributed by atoms with van der Waals surface area (Å²) in [6.45, 7) is 5.25. The quantitative estimate of drug-likeness (QED) is 0.439. The van der Waals surface area contributed by atoms with Gasteiger partial charge in [0.15, 0.2) is 0 Å². The minimum absolute atomic E-state index is 0.0418. The van der Waals surface area contributed by atoms with Crippen LogP contribution in [-0.2, 0) is 26.2 Å². The second-order valence-corrected chi connectivity index (χ2v) is 11.6. The number of amides is 2. The SMILES string of the molecule is CC[C@H](C)NC(=O)[C@@H](C)N(Cc1ccc(Br)cc1)C(=O)CN(c1ccc(Br)cc1)S(C)(=O)=O. The van der Waals surface area contributed by atoms with Gasteiger partial charge in [-0.25, -0.2) is 8.42 Å². The van der Waals surface area contributed by atoms with Crippen molar-refractivity contribution in [3.05, 3.63) is 63.0 Å².